The summed E-state index contributed by atoms with van der Waals surface area (Å²) in [5, 5.41) is 5.47. The first-order chi connectivity index (χ1) is 11.5. The molecule has 5 heteroatoms. The van der Waals surface area contributed by atoms with Gasteiger partial charge in [-0.3, -0.25) is 10.1 Å². The first-order valence-electron chi connectivity index (χ1n) is 7.55. The Balaban J connectivity index is 1.87. The molecular formula is C19H17BrN2OS. The van der Waals surface area contributed by atoms with Gasteiger partial charge < -0.3 is 0 Å². The number of hydrogen-bond donors (Lipinski definition) is 1. The molecule has 1 amide bonds. The zero-order chi connectivity index (χ0) is 17.3. The summed E-state index contributed by atoms with van der Waals surface area (Å²) < 4.78 is 0.768. The lowest BCUT2D eigenvalue weighted by Crippen LogP contribution is -2.12. The zero-order valence-electron chi connectivity index (χ0n) is 13.7. The van der Waals surface area contributed by atoms with E-state index < -0.39 is 0 Å². The fourth-order valence-corrected chi connectivity index (χ4v) is 4.00. The van der Waals surface area contributed by atoms with Gasteiger partial charge in [-0.2, -0.15) is 0 Å². The number of anilines is 1. The smallest absolute Gasteiger partial charge is 0.258 e. The third-order valence-corrected chi connectivity index (χ3v) is 5.23. The molecule has 0 aliphatic rings. The van der Waals surface area contributed by atoms with Gasteiger partial charge in [0, 0.05) is 15.4 Å². The van der Waals surface area contributed by atoms with Gasteiger partial charge in [-0.25, -0.2) is 4.98 Å². The SMILES string of the molecule is Cc1cc(C)c(-c2csc(NC(=O)c3ccccc3Br)n2)c(C)c1. The minimum atomic E-state index is -0.166. The highest BCUT2D eigenvalue weighted by atomic mass is 79.9. The number of aromatic nitrogens is 1. The lowest BCUT2D eigenvalue weighted by molar-refractivity contribution is 0.102. The van der Waals surface area contributed by atoms with Crippen molar-refractivity contribution in [1.82, 2.24) is 4.98 Å². The van der Waals surface area contributed by atoms with Gasteiger partial charge in [-0.05, 0) is 60.0 Å². The monoisotopic (exact) mass is 400 g/mol. The highest BCUT2D eigenvalue weighted by Crippen LogP contribution is 2.31. The topological polar surface area (TPSA) is 42.0 Å². The number of thiazole rings is 1. The summed E-state index contributed by atoms with van der Waals surface area (Å²) in [5.74, 6) is -0.166. The van der Waals surface area contributed by atoms with Crippen molar-refractivity contribution in [3.05, 3.63) is 68.5 Å². The van der Waals surface area contributed by atoms with Crippen molar-refractivity contribution in [2.75, 3.05) is 5.32 Å². The molecule has 0 atom stereocenters. The Morgan fingerprint density at radius 3 is 2.46 bits per heavy atom. The van der Waals surface area contributed by atoms with Gasteiger partial charge in [-0.15, -0.1) is 11.3 Å². The van der Waals surface area contributed by atoms with E-state index in [0.717, 1.165) is 15.7 Å². The van der Waals surface area contributed by atoms with Crippen molar-refractivity contribution in [1.29, 1.82) is 0 Å². The van der Waals surface area contributed by atoms with Crippen LogP contribution in [0.2, 0.25) is 0 Å². The third kappa shape index (κ3) is 3.42. The second-order valence-corrected chi connectivity index (χ2v) is 7.46. The summed E-state index contributed by atoms with van der Waals surface area (Å²) in [5.41, 5.74) is 6.27. The predicted octanol–water partition coefficient (Wildman–Crippen LogP) is 5.75. The summed E-state index contributed by atoms with van der Waals surface area (Å²) in [6.45, 7) is 6.27. The summed E-state index contributed by atoms with van der Waals surface area (Å²) in [4.78, 5) is 17.0. The van der Waals surface area contributed by atoms with E-state index in [0.29, 0.717) is 10.7 Å². The average molecular weight is 401 g/mol. The Morgan fingerprint density at radius 2 is 1.79 bits per heavy atom. The molecule has 2 aromatic carbocycles. The maximum atomic E-state index is 12.4. The Bertz CT molecular complexity index is 894. The maximum Gasteiger partial charge on any atom is 0.258 e. The number of benzene rings is 2. The quantitative estimate of drug-likeness (QED) is 0.607. The number of amides is 1. The third-order valence-electron chi connectivity index (χ3n) is 3.78. The molecule has 0 saturated carbocycles. The van der Waals surface area contributed by atoms with Crippen molar-refractivity contribution in [3.63, 3.8) is 0 Å². The normalized spacial score (nSPS) is 10.7. The van der Waals surface area contributed by atoms with Crippen molar-refractivity contribution in [2.24, 2.45) is 0 Å². The number of rotatable bonds is 3. The first-order valence-corrected chi connectivity index (χ1v) is 9.22. The van der Waals surface area contributed by atoms with Crippen LogP contribution in [0.25, 0.3) is 11.3 Å². The minimum Gasteiger partial charge on any atom is -0.298 e. The summed E-state index contributed by atoms with van der Waals surface area (Å²) in [7, 11) is 0. The van der Waals surface area contributed by atoms with E-state index in [1.54, 1.807) is 6.07 Å². The van der Waals surface area contributed by atoms with Gasteiger partial charge in [0.25, 0.3) is 5.91 Å². The van der Waals surface area contributed by atoms with Crippen LogP contribution in [0.4, 0.5) is 5.13 Å². The molecule has 3 aromatic rings. The van der Waals surface area contributed by atoms with Gasteiger partial charge in [0.1, 0.15) is 0 Å². The molecule has 0 unspecified atom stereocenters. The van der Waals surface area contributed by atoms with E-state index >= 15 is 0 Å². The summed E-state index contributed by atoms with van der Waals surface area (Å²) in [6, 6.07) is 11.7. The molecule has 0 saturated heterocycles. The lowest BCUT2D eigenvalue weighted by Gasteiger charge is -2.08. The largest absolute Gasteiger partial charge is 0.298 e. The molecule has 1 N–H and O–H groups in total. The molecule has 0 aliphatic carbocycles. The molecule has 0 aliphatic heterocycles. The van der Waals surface area contributed by atoms with Crippen LogP contribution < -0.4 is 5.32 Å². The molecule has 122 valence electrons. The number of carbonyl (C=O) groups excluding carboxylic acids is 1. The van der Waals surface area contributed by atoms with Crippen molar-refractivity contribution in [3.8, 4) is 11.3 Å². The second-order valence-electron chi connectivity index (χ2n) is 5.75. The molecule has 0 bridgehead atoms. The van der Waals surface area contributed by atoms with Crippen LogP contribution in [0, 0.1) is 20.8 Å². The molecule has 1 heterocycles. The number of aryl methyl sites for hydroxylation is 3. The fourth-order valence-electron chi connectivity index (χ4n) is 2.84. The predicted molar refractivity (Wildman–Crippen MR) is 104 cm³/mol. The van der Waals surface area contributed by atoms with Crippen LogP contribution in [0.1, 0.15) is 27.0 Å². The Hall–Kier alpha value is -1.98. The molecule has 3 nitrogen and oxygen atoms in total. The molecule has 3 rings (SSSR count). The minimum absolute atomic E-state index is 0.166. The van der Waals surface area contributed by atoms with E-state index in [1.165, 1.54) is 28.0 Å². The Kier molecular flexibility index (Phi) is 4.83. The molecule has 24 heavy (non-hydrogen) atoms. The van der Waals surface area contributed by atoms with Crippen LogP contribution >= 0.6 is 27.3 Å². The van der Waals surface area contributed by atoms with Crippen LogP contribution in [0.15, 0.2) is 46.3 Å². The average Bonchev–Trinajstić information content (AvgIpc) is 2.94. The van der Waals surface area contributed by atoms with E-state index in [4.69, 9.17) is 0 Å². The van der Waals surface area contributed by atoms with Gasteiger partial charge in [0.15, 0.2) is 5.13 Å². The van der Waals surface area contributed by atoms with E-state index in [-0.39, 0.29) is 5.91 Å². The van der Waals surface area contributed by atoms with Crippen LogP contribution in [-0.4, -0.2) is 10.9 Å². The van der Waals surface area contributed by atoms with Gasteiger partial charge >= 0.3 is 0 Å². The summed E-state index contributed by atoms with van der Waals surface area (Å²) >= 11 is 4.84. The fraction of sp³-hybridized carbons (Fsp3) is 0.158. The molecule has 0 fully saturated rings. The second kappa shape index (κ2) is 6.87. The van der Waals surface area contributed by atoms with Crippen LogP contribution in [0.5, 0.6) is 0 Å². The van der Waals surface area contributed by atoms with E-state index in [9.17, 15) is 4.79 Å². The van der Waals surface area contributed by atoms with Crippen molar-refractivity contribution >= 4 is 38.3 Å². The Labute approximate surface area is 153 Å². The molecule has 1 aromatic heterocycles. The van der Waals surface area contributed by atoms with Crippen molar-refractivity contribution in [2.45, 2.75) is 20.8 Å². The van der Waals surface area contributed by atoms with Gasteiger partial charge in [0.05, 0.1) is 11.3 Å². The zero-order valence-corrected chi connectivity index (χ0v) is 16.1. The van der Waals surface area contributed by atoms with Crippen LogP contribution in [0.3, 0.4) is 0 Å². The van der Waals surface area contributed by atoms with E-state index in [2.05, 4.69) is 59.1 Å². The number of halogens is 1. The standard InChI is InChI=1S/C19H17BrN2OS/c1-11-8-12(2)17(13(3)9-11)16-10-24-19(21-16)22-18(23)14-6-4-5-7-15(14)20/h4-10H,1-3H3,(H,21,22,23). The highest BCUT2D eigenvalue weighted by Gasteiger charge is 2.14. The number of nitrogens with one attached hydrogen (secondary N) is 1. The number of carbonyl (C=O) groups is 1. The highest BCUT2D eigenvalue weighted by molar-refractivity contribution is 9.10. The van der Waals surface area contributed by atoms with Crippen LogP contribution in [-0.2, 0) is 0 Å². The maximum absolute atomic E-state index is 12.4. The van der Waals surface area contributed by atoms with E-state index in [1.807, 2.05) is 23.6 Å². The summed E-state index contributed by atoms with van der Waals surface area (Å²) in [6.07, 6.45) is 0. The van der Waals surface area contributed by atoms with Gasteiger partial charge in [-0.1, -0.05) is 29.8 Å². The molecular weight excluding hydrogens is 384 g/mol. The molecule has 0 spiro atoms. The van der Waals surface area contributed by atoms with Crippen molar-refractivity contribution < 1.29 is 4.79 Å². The first kappa shape index (κ1) is 16.9. The number of nitrogens with zero attached hydrogens (tertiary/aromatic N) is 1. The number of hydrogen-bond acceptors (Lipinski definition) is 3. The molecule has 0 radical (unpaired) electrons. The lowest BCUT2D eigenvalue weighted by atomic mass is 9.98. The Morgan fingerprint density at radius 1 is 1.12 bits per heavy atom. The van der Waals surface area contributed by atoms with Gasteiger partial charge in [0.2, 0.25) is 0 Å².